The van der Waals surface area contributed by atoms with E-state index in [0.717, 1.165) is 110 Å². The topological polar surface area (TPSA) is 169 Å². The SMILES string of the molecule is COc1cc(N2CCC(N3CCN(CCCCCSc4cccc5c4C(=O)N(C4CCC(=O)NC4=O)C5=O)CC3)CC2)ccc1Nc1ncc(Cl)c(Nc2ccccc2P(C)(C)=O)n1. The molecule has 3 saturated heterocycles. The van der Waals surface area contributed by atoms with Gasteiger partial charge < -0.3 is 29.7 Å². The van der Waals surface area contributed by atoms with Crippen molar-refractivity contribution in [1.29, 1.82) is 0 Å². The fraction of sp³-hybridized carbons (Fsp3) is 0.435. The van der Waals surface area contributed by atoms with E-state index in [9.17, 15) is 23.7 Å². The molecule has 0 saturated carbocycles. The molecule has 3 aromatic carbocycles. The molecule has 338 valence electrons. The van der Waals surface area contributed by atoms with Gasteiger partial charge >= 0.3 is 0 Å². The first-order valence-electron chi connectivity index (χ1n) is 22.0. The molecule has 4 aromatic rings. The fourth-order valence-electron chi connectivity index (χ4n) is 9.03. The number of fused-ring (bicyclic) bond motifs is 1. The van der Waals surface area contributed by atoms with Gasteiger partial charge in [-0.2, -0.15) is 4.98 Å². The van der Waals surface area contributed by atoms with Crippen molar-refractivity contribution in [2.75, 3.05) is 87.5 Å². The second-order valence-corrected chi connectivity index (χ2v) is 21.8. The zero-order valence-electron chi connectivity index (χ0n) is 36.5. The molecule has 4 aliphatic heterocycles. The van der Waals surface area contributed by atoms with Crippen molar-refractivity contribution < 1.29 is 28.5 Å². The van der Waals surface area contributed by atoms with Crippen molar-refractivity contribution in [3.05, 3.63) is 83.0 Å². The van der Waals surface area contributed by atoms with Crippen LogP contribution in [0.5, 0.6) is 5.75 Å². The van der Waals surface area contributed by atoms with Gasteiger partial charge in [-0.1, -0.05) is 36.2 Å². The number of piperidine rings is 2. The lowest BCUT2D eigenvalue weighted by Gasteiger charge is -2.43. The molecule has 4 aliphatic rings. The van der Waals surface area contributed by atoms with Gasteiger partial charge in [-0.15, -0.1) is 11.8 Å². The highest BCUT2D eigenvalue weighted by atomic mass is 35.5. The summed E-state index contributed by atoms with van der Waals surface area (Å²) in [7, 11) is -0.894. The Hall–Kier alpha value is -4.99. The molecular formula is C46H55ClN9O6PS. The van der Waals surface area contributed by atoms with E-state index in [4.69, 9.17) is 16.3 Å². The number of methoxy groups -OCH3 is 1. The van der Waals surface area contributed by atoms with Crippen LogP contribution >= 0.6 is 30.5 Å². The second-order valence-electron chi connectivity index (χ2n) is 17.0. The standard InChI is InChI=1S/C46H55ClN9O6PS/c1-62-37-28-31(14-15-34(37)50-46-48-29-33(47)42(52-46)49-35-11-5-6-12-38(35)63(2,3)61)54-21-18-30(19-22-54)55-25-23-53(24-26-55)20-7-4-8-27-64-39-13-9-10-32-41(39)45(60)56(44(32)59)36-16-17-40(57)51-43(36)58/h5-6,9-15,28-30,36H,4,7-8,16-27H2,1-3H3,(H,51,57,58)(H2,48,49,50,52). The van der Waals surface area contributed by atoms with Gasteiger partial charge in [-0.25, -0.2) is 4.98 Å². The van der Waals surface area contributed by atoms with E-state index in [1.165, 1.54) is 6.20 Å². The molecule has 1 unspecified atom stereocenters. The summed E-state index contributed by atoms with van der Waals surface area (Å²) in [4.78, 5) is 69.2. The maximum absolute atomic E-state index is 13.4. The Bertz CT molecular complexity index is 2460. The highest BCUT2D eigenvalue weighted by molar-refractivity contribution is 7.99. The minimum absolute atomic E-state index is 0.100. The smallest absolute Gasteiger partial charge is 0.263 e. The Morgan fingerprint density at radius 2 is 1.66 bits per heavy atom. The molecule has 0 radical (unpaired) electrons. The molecule has 64 heavy (non-hydrogen) atoms. The van der Waals surface area contributed by atoms with Gasteiger partial charge in [0.1, 0.15) is 24.0 Å². The van der Waals surface area contributed by atoms with Crippen LogP contribution in [-0.2, 0) is 14.2 Å². The number of benzene rings is 3. The van der Waals surface area contributed by atoms with Gasteiger partial charge in [-0.3, -0.25) is 34.3 Å². The number of para-hydroxylation sites is 1. The van der Waals surface area contributed by atoms with Crippen LogP contribution in [0.3, 0.4) is 0 Å². The zero-order chi connectivity index (χ0) is 45.0. The largest absolute Gasteiger partial charge is 0.494 e. The van der Waals surface area contributed by atoms with E-state index in [2.05, 4.69) is 52.8 Å². The Morgan fingerprint density at radius 1 is 0.875 bits per heavy atom. The maximum Gasteiger partial charge on any atom is 0.263 e. The molecule has 8 rings (SSSR count). The lowest BCUT2D eigenvalue weighted by molar-refractivity contribution is -0.136. The quantitative estimate of drug-likeness (QED) is 0.0463. The summed E-state index contributed by atoms with van der Waals surface area (Å²) < 4.78 is 18.7. The second kappa shape index (κ2) is 20.0. The van der Waals surface area contributed by atoms with Crippen molar-refractivity contribution in [2.45, 2.75) is 61.9 Å². The molecule has 0 aliphatic carbocycles. The Labute approximate surface area is 383 Å². The van der Waals surface area contributed by atoms with E-state index in [-0.39, 0.29) is 18.7 Å². The number of unbranched alkanes of at least 4 members (excludes halogenated alkanes) is 2. The van der Waals surface area contributed by atoms with Gasteiger partial charge in [0, 0.05) is 73.7 Å². The summed E-state index contributed by atoms with van der Waals surface area (Å²) in [6, 6.07) is 18.5. The van der Waals surface area contributed by atoms with E-state index in [1.54, 1.807) is 44.3 Å². The molecule has 18 heteroatoms. The molecule has 1 aromatic heterocycles. The number of hydrogen-bond donors (Lipinski definition) is 3. The number of piperazine rings is 1. The molecule has 0 spiro atoms. The number of anilines is 5. The van der Waals surface area contributed by atoms with Crippen LogP contribution in [0.1, 0.15) is 65.7 Å². The van der Waals surface area contributed by atoms with Crippen molar-refractivity contribution in [3.63, 3.8) is 0 Å². The van der Waals surface area contributed by atoms with Crippen molar-refractivity contribution in [2.24, 2.45) is 0 Å². The Kier molecular flexibility index (Phi) is 14.3. The van der Waals surface area contributed by atoms with Crippen LogP contribution in [0.15, 0.2) is 71.8 Å². The van der Waals surface area contributed by atoms with Crippen LogP contribution < -0.4 is 30.9 Å². The minimum Gasteiger partial charge on any atom is -0.494 e. The van der Waals surface area contributed by atoms with Gasteiger partial charge in [0.2, 0.25) is 17.8 Å². The normalized spacial score (nSPS) is 18.9. The lowest BCUT2D eigenvalue weighted by atomic mass is 10.0. The zero-order valence-corrected chi connectivity index (χ0v) is 38.9. The summed E-state index contributed by atoms with van der Waals surface area (Å²) in [5.74, 6) is 0.353. The van der Waals surface area contributed by atoms with Crippen LogP contribution in [-0.4, -0.2) is 132 Å². The lowest BCUT2D eigenvalue weighted by Crippen LogP contribution is -2.54. The number of ether oxygens (including phenoxy) is 1. The van der Waals surface area contributed by atoms with Gasteiger partial charge in [0.05, 0.1) is 35.8 Å². The van der Waals surface area contributed by atoms with E-state index < -0.39 is 30.9 Å². The molecule has 4 amide bonds. The molecule has 1 atom stereocenters. The first-order valence-corrected chi connectivity index (χ1v) is 25.9. The number of nitrogens with zero attached hydrogens (tertiary/aromatic N) is 6. The highest BCUT2D eigenvalue weighted by Gasteiger charge is 2.45. The first-order chi connectivity index (χ1) is 30.9. The monoisotopic (exact) mass is 927 g/mol. The van der Waals surface area contributed by atoms with Crippen LogP contribution in [0.2, 0.25) is 5.02 Å². The van der Waals surface area contributed by atoms with E-state index in [0.29, 0.717) is 45.4 Å². The molecule has 15 nitrogen and oxygen atoms in total. The van der Waals surface area contributed by atoms with Crippen LogP contribution in [0.4, 0.5) is 28.8 Å². The summed E-state index contributed by atoms with van der Waals surface area (Å²) in [5.41, 5.74) is 3.22. The number of thioether (sulfide) groups is 1. The van der Waals surface area contributed by atoms with Gasteiger partial charge in [0.15, 0.2) is 5.82 Å². The van der Waals surface area contributed by atoms with Crippen molar-refractivity contribution in [3.8, 4) is 5.75 Å². The van der Waals surface area contributed by atoms with Gasteiger partial charge in [0.25, 0.3) is 11.8 Å². The maximum atomic E-state index is 13.4. The number of rotatable bonds is 16. The molecular weight excluding hydrogens is 873 g/mol. The number of nitrogens with one attached hydrogen (secondary N) is 3. The molecule has 3 fully saturated rings. The van der Waals surface area contributed by atoms with E-state index >= 15 is 0 Å². The first kappa shape index (κ1) is 45.6. The summed E-state index contributed by atoms with van der Waals surface area (Å²) in [5, 5.41) is 9.85. The minimum atomic E-state index is -2.55. The Morgan fingerprint density at radius 3 is 2.41 bits per heavy atom. The van der Waals surface area contributed by atoms with Crippen LogP contribution in [0.25, 0.3) is 0 Å². The van der Waals surface area contributed by atoms with Crippen molar-refractivity contribution >= 4 is 88.3 Å². The predicted molar refractivity (Wildman–Crippen MR) is 253 cm³/mol. The fourth-order valence-corrected chi connectivity index (χ4v) is 11.4. The molecule has 0 bridgehead atoms. The average molecular weight is 928 g/mol. The third-order valence-electron chi connectivity index (χ3n) is 12.5. The molecule has 3 N–H and O–H groups in total. The highest BCUT2D eigenvalue weighted by Crippen LogP contribution is 2.40. The number of hydrogen-bond acceptors (Lipinski definition) is 14. The number of carbonyl (C=O) groups is 4. The number of halogens is 1. The van der Waals surface area contributed by atoms with Crippen LogP contribution in [0, 0.1) is 0 Å². The third-order valence-corrected chi connectivity index (χ3v) is 15.4. The van der Waals surface area contributed by atoms with E-state index in [1.807, 2.05) is 36.4 Å². The number of carbonyl (C=O) groups excluding carboxylic acids is 4. The summed E-state index contributed by atoms with van der Waals surface area (Å²) >= 11 is 8.07. The summed E-state index contributed by atoms with van der Waals surface area (Å²) in [6.45, 7) is 10.7. The number of amides is 4. The Balaban J connectivity index is 0.753. The van der Waals surface area contributed by atoms with Gasteiger partial charge in [-0.05, 0) is 94.1 Å². The number of imide groups is 2. The summed E-state index contributed by atoms with van der Waals surface area (Å²) in [6.07, 6.45) is 7.15. The number of aromatic nitrogens is 2. The third kappa shape index (κ3) is 10.3. The average Bonchev–Trinajstić information content (AvgIpc) is 3.55. The predicted octanol–water partition coefficient (Wildman–Crippen LogP) is 6.82. The molecule has 5 heterocycles. The van der Waals surface area contributed by atoms with Crippen molar-refractivity contribution in [1.82, 2.24) is 30.0 Å².